The van der Waals surface area contributed by atoms with Crippen molar-refractivity contribution in [1.82, 2.24) is 10.2 Å². The molecule has 7 heteroatoms. The number of carbonyl (C=O) groups excluding carboxylic acids is 3. The molecule has 2 aliphatic rings. The average molecular weight is 426 g/mol. The lowest BCUT2D eigenvalue weighted by molar-refractivity contribution is -0.121. The Labute approximate surface area is 180 Å². The van der Waals surface area contributed by atoms with E-state index in [1.807, 2.05) is 43.3 Å². The fourth-order valence-electron chi connectivity index (χ4n) is 4.34. The molecular formula is C23H24ClN3O3. The maximum atomic E-state index is 13.2. The number of hydrogen-bond acceptors (Lipinski definition) is 3. The van der Waals surface area contributed by atoms with E-state index in [4.69, 9.17) is 11.6 Å². The second-order valence-corrected chi connectivity index (χ2v) is 8.33. The summed E-state index contributed by atoms with van der Waals surface area (Å²) in [6.07, 6.45) is 1.84. The van der Waals surface area contributed by atoms with Gasteiger partial charge in [-0.05, 0) is 49.6 Å². The molecule has 1 atom stereocenters. The monoisotopic (exact) mass is 425 g/mol. The Morgan fingerprint density at radius 1 is 1.13 bits per heavy atom. The molecule has 30 heavy (non-hydrogen) atoms. The minimum Gasteiger partial charge on any atom is -0.356 e. The molecule has 0 aliphatic carbocycles. The molecule has 0 bridgehead atoms. The van der Waals surface area contributed by atoms with Gasteiger partial charge in [-0.25, -0.2) is 0 Å². The molecule has 1 unspecified atom stereocenters. The molecule has 3 amide bonds. The van der Waals surface area contributed by atoms with Gasteiger partial charge in [0.05, 0.1) is 11.3 Å². The normalized spacial score (nSPS) is 20.2. The second-order valence-electron chi connectivity index (χ2n) is 7.90. The zero-order chi connectivity index (χ0) is 21.3. The molecule has 2 aromatic rings. The first-order chi connectivity index (χ1) is 14.4. The number of nitrogens with one attached hydrogen (secondary N) is 1. The number of nitrogens with zero attached hydrogens (tertiary/aromatic N) is 2. The van der Waals surface area contributed by atoms with Gasteiger partial charge in [0.15, 0.2) is 0 Å². The molecule has 2 heterocycles. The van der Waals surface area contributed by atoms with Crippen LogP contribution in [0.2, 0.25) is 5.02 Å². The summed E-state index contributed by atoms with van der Waals surface area (Å²) in [5.74, 6) is -0.238. The Balaban J connectivity index is 1.40. The van der Waals surface area contributed by atoms with Crippen LogP contribution in [-0.2, 0) is 16.0 Å². The van der Waals surface area contributed by atoms with Gasteiger partial charge in [0.1, 0.15) is 5.66 Å². The van der Waals surface area contributed by atoms with E-state index >= 15 is 0 Å². The Morgan fingerprint density at radius 2 is 1.87 bits per heavy atom. The Kier molecular flexibility index (Phi) is 5.52. The van der Waals surface area contributed by atoms with Crippen molar-refractivity contribution in [3.63, 3.8) is 0 Å². The van der Waals surface area contributed by atoms with E-state index in [1.54, 1.807) is 21.9 Å². The van der Waals surface area contributed by atoms with Gasteiger partial charge in [0.2, 0.25) is 11.8 Å². The first-order valence-electron chi connectivity index (χ1n) is 10.2. The summed E-state index contributed by atoms with van der Waals surface area (Å²) in [7, 11) is 0. The Morgan fingerprint density at radius 3 is 2.63 bits per heavy atom. The maximum Gasteiger partial charge on any atom is 0.257 e. The summed E-state index contributed by atoms with van der Waals surface area (Å²) in [6.45, 7) is 2.68. The van der Waals surface area contributed by atoms with Crippen LogP contribution in [0, 0.1) is 0 Å². The summed E-state index contributed by atoms with van der Waals surface area (Å²) in [6, 6.07) is 14.7. The van der Waals surface area contributed by atoms with E-state index in [-0.39, 0.29) is 30.7 Å². The van der Waals surface area contributed by atoms with Crippen LogP contribution in [0.1, 0.15) is 42.1 Å². The molecule has 1 saturated heterocycles. The van der Waals surface area contributed by atoms with Crippen LogP contribution < -0.4 is 10.2 Å². The van der Waals surface area contributed by atoms with E-state index in [2.05, 4.69) is 5.32 Å². The van der Waals surface area contributed by atoms with E-state index in [9.17, 15) is 14.4 Å². The van der Waals surface area contributed by atoms with Gasteiger partial charge in [-0.1, -0.05) is 35.9 Å². The van der Waals surface area contributed by atoms with Crippen molar-refractivity contribution < 1.29 is 14.4 Å². The summed E-state index contributed by atoms with van der Waals surface area (Å²) in [5, 5.41) is 3.59. The highest BCUT2D eigenvalue weighted by Crippen LogP contribution is 2.43. The second kappa shape index (κ2) is 8.11. The van der Waals surface area contributed by atoms with E-state index < -0.39 is 5.66 Å². The van der Waals surface area contributed by atoms with Crippen LogP contribution in [0.5, 0.6) is 0 Å². The molecule has 0 spiro atoms. The smallest absolute Gasteiger partial charge is 0.257 e. The maximum absolute atomic E-state index is 13.2. The Hall–Kier alpha value is -2.86. The van der Waals surface area contributed by atoms with Gasteiger partial charge in [-0.3, -0.25) is 19.3 Å². The van der Waals surface area contributed by atoms with Crippen LogP contribution in [0.3, 0.4) is 0 Å². The number of amides is 3. The molecule has 0 radical (unpaired) electrons. The van der Waals surface area contributed by atoms with E-state index in [1.165, 1.54) is 0 Å². The SMILES string of the molecule is CC12CCC(=O)N1c1ccccc1C(=O)N2CCC(=O)NCCc1ccc(Cl)cc1. The van der Waals surface area contributed by atoms with Crippen LogP contribution in [-0.4, -0.2) is 41.4 Å². The first kappa shape index (κ1) is 20.4. The van der Waals surface area contributed by atoms with Gasteiger partial charge >= 0.3 is 0 Å². The molecule has 156 valence electrons. The van der Waals surface area contributed by atoms with Crippen LogP contribution in [0.15, 0.2) is 48.5 Å². The number of anilines is 1. The van der Waals surface area contributed by atoms with E-state index in [0.29, 0.717) is 42.1 Å². The number of benzene rings is 2. The van der Waals surface area contributed by atoms with Crippen molar-refractivity contribution >= 4 is 35.0 Å². The lowest BCUT2D eigenvalue weighted by Crippen LogP contribution is -2.62. The summed E-state index contributed by atoms with van der Waals surface area (Å²) in [4.78, 5) is 41.5. The van der Waals surface area contributed by atoms with Crippen molar-refractivity contribution in [1.29, 1.82) is 0 Å². The van der Waals surface area contributed by atoms with Crippen molar-refractivity contribution in [2.45, 2.75) is 38.3 Å². The number of para-hydroxylation sites is 1. The van der Waals surface area contributed by atoms with Crippen molar-refractivity contribution in [3.8, 4) is 0 Å². The zero-order valence-corrected chi connectivity index (χ0v) is 17.6. The summed E-state index contributed by atoms with van der Waals surface area (Å²) < 4.78 is 0. The predicted octanol–water partition coefficient (Wildman–Crippen LogP) is 3.39. The zero-order valence-electron chi connectivity index (χ0n) is 16.9. The fraction of sp³-hybridized carbons (Fsp3) is 0.348. The minimum absolute atomic E-state index is 0.00914. The molecule has 0 saturated carbocycles. The molecule has 2 aliphatic heterocycles. The average Bonchev–Trinajstić information content (AvgIpc) is 3.04. The minimum atomic E-state index is -0.730. The number of carbonyl (C=O) groups is 3. The van der Waals surface area contributed by atoms with Crippen molar-refractivity contribution in [2.24, 2.45) is 0 Å². The molecule has 4 rings (SSSR count). The van der Waals surface area contributed by atoms with Gasteiger partial charge in [-0.2, -0.15) is 0 Å². The third-order valence-electron chi connectivity index (χ3n) is 5.96. The lowest BCUT2D eigenvalue weighted by Gasteiger charge is -2.48. The highest BCUT2D eigenvalue weighted by atomic mass is 35.5. The lowest BCUT2D eigenvalue weighted by atomic mass is 9.98. The predicted molar refractivity (Wildman–Crippen MR) is 115 cm³/mol. The largest absolute Gasteiger partial charge is 0.356 e. The highest BCUT2D eigenvalue weighted by molar-refractivity contribution is 6.30. The number of rotatable bonds is 6. The molecular weight excluding hydrogens is 402 g/mol. The third-order valence-corrected chi connectivity index (χ3v) is 6.21. The van der Waals surface area contributed by atoms with E-state index in [0.717, 1.165) is 5.56 Å². The molecule has 0 aromatic heterocycles. The Bertz CT molecular complexity index is 991. The van der Waals surface area contributed by atoms with Crippen LogP contribution >= 0.6 is 11.6 Å². The standard InChI is InChI=1S/C23H24ClN3O3/c1-23-13-10-21(29)27(23)19-5-3-2-4-18(19)22(30)26(23)15-12-20(28)25-14-11-16-6-8-17(24)9-7-16/h2-9H,10-15H2,1H3,(H,25,28). The van der Waals surface area contributed by atoms with Crippen molar-refractivity contribution in [2.75, 3.05) is 18.0 Å². The van der Waals surface area contributed by atoms with Crippen molar-refractivity contribution in [3.05, 3.63) is 64.7 Å². The highest BCUT2D eigenvalue weighted by Gasteiger charge is 2.52. The van der Waals surface area contributed by atoms with Gasteiger partial charge in [-0.15, -0.1) is 0 Å². The summed E-state index contributed by atoms with van der Waals surface area (Å²) in [5.41, 5.74) is 1.53. The molecule has 2 aromatic carbocycles. The molecule has 1 N–H and O–H groups in total. The topological polar surface area (TPSA) is 69.7 Å². The summed E-state index contributed by atoms with van der Waals surface area (Å²) >= 11 is 5.89. The quantitative estimate of drug-likeness (QED) is 0.771. The van der Waals surface area contributed by atoms with Gasteiger partial charge in [0.25, 0.3) is 5.91 Å². The van der Waals surface area contributed by atoms with Gasteiger partial charge < -0.3 is 10.2 Å². The number of fused-ring (bicyclic) bond motifs is 3. The van der Waals surface area contributed by atoms with Crippen LogP contribution in [0.25, 0.3) is 0 Å². The molecule has 1 fully saturated rings. The van der Waals surface area contributed by atoms with Crippen LogP contribution in [0.4, 0.5) is 5.69 Å². The fourth-order valence-corrected chi connectivity index (χ4v) is 4.47. The van der Waals surface area contributed by atoms with Gasteiger partial charge in [0, 0.05) is 31.0 Å². The first-order valence-corrected chi connectivity index (χ1v) is 10.5. The number of halogens is 1. The molecule has 6 nitrogen and oxygen atoms in total. The third kappa shape index (κ3) is 3.67. The number of hydrogen-bond donors (Lipinski definition) is 1.